The minimum atomic E-state index is -0.0577. The maximum absolute atomic E-state index is 12.0. The molecule has 0 spiro atoms. The average molecular weight is 417 g/mol. The van der Waals surface area contributed by atoms with Crippen LogP contribution in [0.15, 0.2) is 0 Å². The lowest BCUT2D eigenvalue weighted by atomic mass is 9.44. The summed E-state index contributed by atoms with van der Waals surface area (Å²) < 4.78 is 4.89. The van der Waals surface area contributed by atoms with Gasteiger partial charge in [-0.15, -0.1) is 0 Å². The molecule has 0 aromatic carbocycles. The lowest BCUT2D eigenvalue weighted by molar-refractivity contribution is -0.142. The zero-order valence-corrected chi connectivity index (χ0v) is 20.0. The lowest BCUT2D eigenvalue weighted by Crippen LogP contribution is -2.54. The summed E-state index contributed by atoms with van der Waals surface area (Å²) in [7, 11) is 1.50. The predicted molar refractivity (Wildman–Crippen MR) is 120 cm³/mol. The van der Waals surface area contributed by atoms with E-state index in [-0.39, 0.29) is 5.97 Å². The van der Waals surface area contributed by atoms with Crippen LogP contribution < -0.4 is 0 Å². The average Bonchev–Trinajstić information content (AvgIpc) is 3.08. The second-order valence-electron chi connectivity index (χ2n) is 12.1. The minimum Gasteiger partial charge on any atom is -0.469 e. The van der Waals surface area contributed by atoms with Gasteiger partial charge in [0.1, 0.15) is 5.78 Å². The third kappa shape index (κ3) is 3.56. The van der Waals surface area contributed by atoms with E-state index in [1.165, 1.54) is 52.1 Å². The predicted octanol–water partition coefficient (Wildman–Crippen LogP) is 6.44. The van der Waals surface area contributed by atoms with Gasteiger partial charge in [-0.05, 0) is 117 Å². The number of Topliss-reactive ketones (excluding diaryl/α,β-unsaturated/α-hetero) is 1. The van der Waals surface area contributed by atoms with Crippen molar-refractivity contribution in [1.82, 2.24) is 0 Å². The molecule has 9 atom stereocenters. The van der Waals surface area contributed by atoms with E-state index in [1.54, 1.807) is 0 Å². The van der Waals surface area contributed by atoms with E-state index in [0.717, 1.165) is 48.9 Å². The van der Waals surface area contributed by atoms with E-state index >= 15 is 0 Å². The summed E-state index contributed by atoms with van der Waals surface area (Å²) in [5.74, 6) is 5.45. The molecule has 0 aromatic rings. The number of fused-ring (bicyclic) bond motifs is 5. The molecule has 0 aromatic heterocycles. The molecular weight excluding hydrogens is 372 g/mol. The molecule has 0 radical (unpaired) electrons. The van der Waals surface area contributed by atoms with E-state index in [0.29, 0.717) is 34.9 Å². The molecule has 0 N–H and O–H groups in total. The first kappa shape index (κ1) is 22.3. The third-order valence-corrected chi connectivity index (χ3v) is 11.0. The molecule has 0 aliphatic heterocycles. The molecule has 0 heterocycles. The Morgan fingerprint density at radius 2 is 1.67 bits per heavy atom. The lowest BCUT2D eigenvalue weighted by Gasteiger charge is -2.61. The van der Waals surface area contributed by atoms with Crippen molar-refractivity contribution in [3.05, 3.63) is 0 Å². The first-order valence-corrected chi connectivity index (χ1v) is 12.8. The van der Waals surface area contributed by atoms with Crippen LogP contribution in [0.5, 0.6) is 0 Å². The van der Waals surface area contributed by atoms with E-state index in [1.807, 2.05) is 6.92 Å². The highest BCUT2D eigenvalue weighted by Gasteiger charge is 2.60. The van der Waals surface area contributed by atoms with Crippen molar-refractivity contribution in [3.63, 3.8) is 0 Å². The normalized spacial score (nSPS) is 46.3. The van der Waals surface area contributed by atoms with Gasteiger partial charge in [0.2, 0.25) is 0 Å². The molecule has 0 saturated heterocycles. The summed E-state index contributed by atoms with van der Waals surface area (Å²) in [6, 6.07) is 0. The summed E-state index contributed by atoms with van der Waals surface area (Å²) in [5.41, 5.74) is 0.918. The number of methoxy groups -OCH3 is 1. The van der Waals surface area contributed by atoms with Crippen LogP contribution in [0.3, 0.4) is 0 Å². The number of esters is 1. The highest BCUT2D eigenvalue weighted by atomic mass is 16.5. The van der Waals surface area contributed by atoms with E-state index in [9.17, 15) is 9.59 Å². The zero-order valence-electron chi connectivity index (χ0n) is 20.0. The number of hydrogen-bond donors (Lipinski definition) is 0. The molecule has 4 aliphatic rings. The van der Waals surface area contributed by atoms with Crippen molar-refractivity contribution in [1.29, 1.82) is 0 Å². The number of ether oxygens (including phenoxy) is 1. The maximum atomic E-state index is 12.0. The summed E-state index contributed by atoms with van der Waals surface area (Å²) in [6.07, 6.45) is 13.3. The molecule has 4 aliphatic carbocycles. The van der Waals surface area contributed by atoms with Crippen LogP contribution in [-0.4, -0.2) is 18.9 Å². The van der Waals surface area contributed by atoms with Gasteiger partial charge in [0.15, 0.2) is 0 Å². The molecule has 3 heteroatoms. The highest BCUT2D eigenvalue weighted by Crippen LogP contribution is 2.68. The van der Waals surface area contributed by atoms with Crippen LogP contribution in [-0.2, 0) is 14.3 Å². The SMILES string of the molecule is COC(=O)CC[C@@H](C)[C@H]1CC[C@H]2[C@@H]3CCC4CC(C(C)=O)CC[C@]4(C)[C@H]3CC[C@]12C. The maximum Gasteiger partial charge on any atom is 0.305 e. The van der Waals surface area contributed by atoms with E-state index in [4.69, 9.17) is 4.74 Å². The van der Waals surface area contributed by atoms with Crippen molar-refractivity contribution in [2.75, 3.05) is 7.11 Å². The van der Waals surface area contributed by atoms with Crippen LogP contribution in [0.2, 0.25) is 0 Å². The monoisotopic (exact) mass is 416 g/mol. The molecule has 30 heavy (non-hydrogen) atoms. The molecule has 0 amide bonds. The van der Waals surface area contributed by atoms with Gasteiger partial charge in [-0.25, -0.2) is 0 Å². The van der Waals surface area contributed by atoms with Gasteiger partial charge < -0.3 is 4.74 Å². The number of ketones is 1. The summed E-state index contributed by atoms with van der Waals surface area (Å²) in [6.45, 7) is 9.39. The molecule has 2 unspecified atom stereocenters. The molecule has 170 valence electrons. The summed E-state index contributed by atoms with van der Waals surface area (Å²) in [5, 5.41) is 0. The molecule has 0 bridgehead atoms. The van der Waals surface area contributed by atoms with Crippen LogP contribution in [0.25, 0.3) is 0 Å². The Morgan fingerprint density at radius 1 is 0.967 bits per heavy atom. The Morgan fingerprint density at radius 3 is 2.37 bits per heavy atom. The molecule has 4 rings (SSSR count). The fourth-order valence-corrected chi connectivity index (χ4v) is 9.25. The van der Waals surface area contributed by atoms with Gasteiger partial charge in [0.05, 0.1) is 7.11 Å². The zero-order chi connectivity index (χ0) is 21.7. The van der Waals surface area contributed by atoms with Gasteiger partial charge in [0, 0.05) is 12.3 Å². The Bertz CT molecular complexity index is 671. The number of carbonyl (C=O) groups is 2. The second kappa shape index (κ2) is 8.24. The van der Waals surface area contributed by atoms with Gasteiger partial charge in [-0.1, -0.05) is 20.8 Å². The van der Waals surface area contributed by atoms with Crippen molar-refractivity contribution < 1.29 is 14.3 Å². The fraction of sp³-hybridized carbons (Fsp3) is 0.926. The standard InChI is InChI=1S/C27H44O3/c1-17(6-11-25(29)30-5)22-9-10-23-21-8-7-20-16-19(18(2)28)12-14-26(20,3)24(21)13-15-27(22,23)4/h17,19-24H,6-16H2,1-5H3/t17-,19?,20?,21+,22-,23+,24+,26+,27-/m1/s1. The molecule has 4 saturated carbocycles. The van der Waals surface area contributed by atoms with Gasteiger partial charge >= 0.3 is 5.97 Å². The van der Waals surface area contributed by atoms with Crippen molar-refractivity contribution in [2.45, 2.75) is 98.3 Å². The van der Waals surface area contributed by atoms with Crippen molar-refractivity contribution >= 4 is 11.8 Å². The summed E-state index contributed by atoms with van der Waals surface area (Å²) >= 11 is 0. The largest absolute Gasteiger partial charge is 0.469 e. The fourth-order valence-electron chi connectivity index (χ4n) is 9.25. The minimum absolute atomic E-state index is 0.0577. The van der Waals surface area contributed by atoms with Crippen LogP contribution in [0.4, 0.5) is 0 Å². The smallest absolute Gasteiger partial charge is 0.305 e. The van der Waals surface area contributed by atoms with Crippen LogP contribution in [0.1, 0.15) is 98.3 Å². The number of rotatable bonds is 5. The van der Waals surface area contributed by atoms with Gasteiger partial charge in [-0.3, -0.25) is 9.59 Å². The third-order valence-electron chi connectivity index (χ3n) is 11.0. The van der Waals surface area contributed by atoms with E-state index in [2.05, 4.69) is 20.8 Å². The molecule has 3 nitrogen and oxygen atoms in total. The first-order valence-electron chi connectivity index (χ1n) is 12.8. The van der Waals surface area contributed by atoms with Crippen molar-refractivity contribution in [2.24, 2.45) is 52.3 Å². The van der Waals surface area contributed by atoms with Crippen LogP contribution in [0, 0.1) is 52.3 Å². The number of hydrogen-bond acceptors (Lipinski definition) is 3. The Balaban J connectivity index is 1.47. The quantitative estimate of drug-likeness (QED) is 0.484. The Kier molecular flexibility index (Phi) is 6.14. The molecular formula is C27H44O3. The summed E-state index contributed by atoms with van der Waals surface area (Å²) in [4.78, 5) is 23.7. The van der Waals surface area contributed by atoms with Crippen LogP contribution >= 0.6 is 0 Å². The number of carbonyl (C=O) groups excluding carboxylic acids is 2. The van der Waals surface area contributed by atoms with E-state index < -0.39 is 0 Å². The second-order valence-corrected chi connectivity index (χ2v) is 12.1. The Hall–Kier alpha value is -0.860. The van der Waals surface area contributed by atoms with Gasteiger partial charge in [0.25, 0.3) is 0 Å². The topological polar surface area (TPSA) is 43.4 Å². The van der Waals surface area contributed by atoms with Crippen molar-refractivity contribution in [3.8, 4) is 0 Å². The first-order chi connectivity index (χ1) is 14.2. The van der Waals surface area contributed by atoms with Gasteiger partial charge in [-0.2, -0.15) is 0 Å². The Labute approximate surface area is 184 Å². The molecule has 4 fully saturated rings. The highest BCUT2D eigenvalue weighted by molar-refractivity contribution is 5.78.